The lowest BCUT2D eigenvalue weighted by Crippen LogP contribution is -2.41. The Morgan fingerprint density at radius 2 is 1.72 bits per heavy atom. The van der Waals surface area contributed by atoms with Crippen molar-refractivity contribution in [2.75, 3.05) is 13.7 Å². The summed E-state index contributed by atoms with van der Waals surface area (Å²) >= 11 is 0. The van der Waals surface area contributed by atoms with E-state index in [1.807, 2.05) is 41.2 Å². The van der Waals surface area contributed by atoms with Crippen LogP contribution in [-0.4, -0.2) is 47.7 Å². The summed E-state index contributed by atoms with van der Waals surface area (Å²) in [5.41, 5.74) is 9.61. The minimum absolute atomic E-state index is 0.104. The molecule has 5 aromatic rings. The van der Waals surface area contributed by atoms with Crippen LogP contribution < -0.4 is 10.5 Å². The van der Waals surface area contributed by atoms with Crippen LogP contribution in [0.5, 0.6) is 5.75 Å². The number of rotatable bonds is 9. The normalized spacial score (nSPS) is 12.1. The molecule has 8 nitrogen and oxygen atoms in total. The molecular formula is C33H36FN5O3Si. The fraction of sp³-hybridized carbons (Fsp3) is 0.273. The van der Waals surface area contributed by atoms with Crippen LogP contribution in [-0.2, 0) is 11.0 Å². The summed E-state index contributed by atoms with van der Waals surface area (Å²) in [5, 5.41) is 5.74. The molecule has 2 aromatic heterocycles. The number of carbonyl (C=O) groups excluding carboxylic acids is 1. The molecule has 0 bridgehead atoms. The van der Waals surface area contributed by atoms with Gasteiger partial charge >= 0.3 is 0 Å². The van der Waals surface area contributed by atoms with Gasteiger partial charge in [-0.1, -0.05) is 63.2 Å². The second-order valence-electron chi connectivity index (χ2n) is 12.0. The van der Waals surface area contributed by atoms with Gasteiger partial charge < -0.3 is 14.9 Å². The highest BCUT2D eigenvalue weighted by molar-refractivity contribution is 6.74. The average Bonchev–Trinajstić information content (AvgIpc) is 3.39. The highest BCUT2D eigenvalue weighted by atomic mass is 28.4. The highest BCUT2D eigenvalue weighted by Crippen LogP contribution is 2.40. The minimum atomic E-state index is -1.93. The van der Waals surface area contributed by atoms with Gasteiger partial charge in [-0.25, -0.2) is 14.4 Å². The van der Waals surface area contributed by atoms with E-state index in [1.54, 1.807) is 24.3 Å². The lowest BCUT2D eigenvalue weighted by atomic mass is 9.96. The third-order valence-corrected chi connectivity index (χ3v) is 12.7. The molecule has 0 aliphatic carbocycles. The molecule has 5 rings (SSSR count). The van der Waals surface area contributed by atoms with Crippen molar-refractivity contribution in [3.63, 3.8) is 0 Å². The standard InChI is InChI=1S/C33H36FN5O3Si/c1-33(2,3)43(5,6)42-16-15-39-19-26(30(38-39)21-11-8-7-9-12-21)31-25-17-24(28(41-4)18-27(25)36-20-37-31)22-13-10-14-23(29(22)34)32(35)40/h7-14,17-20H,15-16H2,1-6H3,(H2,35,40). The number of ether oxygens (including phenoxy) is 1. The SMILES string of the molecule is COc1cc2ncnc(-c3cn(CCO[Si](C)(C)C(C)(C)C)nc3-c3ccccc3)c2cc1-c1cccc(C(N)=O)c1F. The van der Waals surface area contributed by atoms with Crippen molar-refractivity contribution < 1.29 is 18.3 Å². The maximum absolute atomic E-state index is 15.5. The Morgan fingerprint density at radius 3 is 2.40 bits per heavy atom. The van der Waals surface area contributed by atoms with E-state index >= 15 is 4.39 Å². The number of primary amides is 1. The lowest BCUT2D eigenvalue weighted by Gasteiger charge is -2.36. The van der Waals surface area contributed by atoms with Crippen molar-refractivity contribution in [3.8, 4) is 39.4 Å². The fourth-order valence-electron chi connectivity index (χ4n) is 4.74. The van der Waals surface area contributed by atoms with Crippen molar-refractivity contribution in [3.05, 3.63) is 84.6 Å². The number of amides is 1. The molecule has 0 saturated carbocycles. The molecule has 0 unspecified atom stereocenters. The summed E-state index contributed by atoms with van der Waals surface area (Å²) in [7, 11) is -0.420. The minimum Gasteiger partial charge on any atom is -0.496 e. The number of nitrogens with zero attached hydrogens (tertiary/aromatic N) is 4. The van der Waals surface area contributed by atoms with Crippen LogP contribution in [0, 0.1) is 5.82 Å². The molecule has 0 aliphatic heterocycles. The van der Waals surface area contributed by atoms with Gasteiger partial charge in [0.05, 0.1) is 37.0 Å². The Bertz CT molecular complexity index is 1800. The summed E-state index contributed by atoms with van der Waals surface area (Å²) in [4.78, 5) is 21.1. The van der Waals surface area contributed by atoms with Gasteiger partial charge in [-0.3, -0.25) is 9.48 Å². The van der Waals surface area contributed by atoms with E-state index in [1.165, 1.54) is 19.5 Å². The van der Waals surface area contributed by atoms with Crippen molar-refractivity contribution in [2.24, 2.45) is 5.73 Å². The average molecular weight is 598 g/mol. The van der Waals surface area contributed by atoms with Gasteiger partial charge in [0.25, 0.3) is 5.91 Å². The number of carbonyl (C=O) groups is 1. The second-order valence-corrected chi connectivity index (χ2v) is 16.8. The Labute approximate surface area is 251 Å². The summed E-state index contributed by atoms with van der Waals surface area (Å²) in [6.07, 6.45) is 3.47. The number of methoxy groups -OCH3 is 1. The molecule has 2 N–H and O–H groups in total. The number of benzene rings is 3. The molecule has 0 saturated heterocycles. The molecule has 1 amide bonds. The summed E-state index contributed by atoms with van der Waals surface area (Å²) in [5.74, 6) is -1.16. The Morgan fingerprint density at radius 1 is 0.977 bits per heavy atom. The van der Waals surface area contributed by atoms with Gasteiger partial charge in [-0.15, -0.1) is 0 Å². The zero-order chi connectivity index (χ0) is 30.9. The number of fused-ring (bicyclic) bond motifs is 1. The molecule has 3 aromatic carbocycles. The molecule has 10 heteroatoms. The van der Waals surface area contributed by atoms with Crippen LogP contribution in [0.4, 0.5) is 4.39 Å². The van der Waals surface area contributed by atoms with E-state index in [0.29, 0.717) is 41.1 Å². The van der Waals surface area contributed by atoms with Crippen molar-refractivity contribution in [1.29, 1.82) is 0 Å². The molecule has 2 heterocycles. The third-order valence-electron chi connectivity index (χ3n) is 8.16. The van der Waals surface area contributed by atoms with Gasteiger partial charge in [0.2, 0.25) is 0 Å². The molecule has 0 fully saturated rings. The third kappa shape index (κ3) is 5.93. The maximum atomic E-state index is 15.5. The van der Waals surface area contributed by atoms with E-state index in [2.05, 4.69) is 43.8 Å². The highest BCUT2D eigenvalue weighted by Gasteiger charge is 2.37. The largest absolute Gasteiger partial charge is 0.496 e. The Balaban J connectivity index is 1.65. The molecule has 43 heavy (non-hydrogen) atoms. The first kappa shape index (κ1) is 30.1. The van der Waals surface area contributed by atoms with Gasteiger partial charge in [0.15, 0.2) is 8.32 Å². The van der Waals surface area contributed by atoms with Crippen LogP contribution in [0.25, 0.3) is 44.5 Å². The molecule has 222 valence electrons. The van der Waals surface area contributed by atoms with E-state index < -0.39 is 20.0 Å². The molecule has 0 aliphatic rings. The maximum Gasteiger partial charge on any atom is 0.251 e. The zero-order valence-corrected chi connectivity index (χ0v) is 26.3. The zero-order valence-electron chi connectivity index (χ0n) is 25.3. The van der Waals surface area contributed by atoms with E-state index in [-0.39, 0.29) is 16.2 Å². The van der Waals surface area contributed by atoms with Crippen LogP contribution in [0.1, 0.15) is 31.1 Å². The first-order valence-corrected chi connectivity index (χ1v) is 17.0. The lowest BCUT2D eigenvalue weighted by molar-refractivity contribution is 0.0996. The van der Waals surface area contributed by atoms with Crippen LogP contribution in [0.2, 0.25) is 18.1 Å². The van der Waals surface area contributed by atoms with Crippen LogP contribution in [0.3, 0.4) is 0 Å². The predicted octanol–water partition coefficient (Wildman–Crippen LogP) is 7.10. The van der Waals surface area contributed by atoms with Gasteiger partial charge in [0, 0.05) is 39.9 Å². The summed E-state index contributed by atoms with van der Waals surface area (Å²) in [6, 6.07) is 18.0. The van der Waals surface area contributed by atoms with Crippen LogP contribution >= 0.6 is 0 Å². The van der Waals surface area contributed by atoms with E-state index in [4.69, 9.17) is 20.0 Å². The topological polar surface area (TPSA) is 105 Å². The smallest absolute Gasteiger partial charge is 0.251 e. The molecule has 0 atom stereocenters. The molecular weight excluding hydrogens is 561 g/mol. The number of hydrogen-bond donors (Lipinski definition) is 1. The van der Waals surface area contributed by atoms with Crippen molar-refractivity contribution >= 4 is 25.1 Å². The quantitative estimate of drug-likeness (QED) is 0.182. The second kappa shape index (κ2) is 11.7. The first-order valence-electron chi connectivity index (χ1n) is 14.1. The van der Waals surface area contributed by atoms with Gasteiger partial charge in [-0.2, -0.15) is 5.10 Å². The fourth-order valence-corrected chi connectivity index (χ4v) is 5.77. The van der Waals surface area contributed by atoms with E-state index in [9.17, 15) is 4.79 Å². The van der Waals surface area contributed by atoms with Crippen molar-refractivity contribution in [2.45, 2.75) is 45.4 Å². The Hall–Kier alpha value is -4.41. The predicted molar refractivity (Wildman–Crippen MR) is 170 cm³/mol. The van der Waals surface area contributed by atoms with Gasteiger partial charge in [-0.05, 0) is 30.3 Å². The Kier molecular flexibility index (Phi) is 8.18. The number of hydrogen-bond acceptors (Lipinski definition) is 6. The van der Waals surface area contributed by atoms with E-state index in [0.717, 1.165) is 16.8 Å². The van der Waals surface area contributed by atoms with Crippen LogP contribution in [0.15, 0.2) is 73.2 Å². The monoisotopic (exact) mass is 597 g/mol. The van der Waals surface area contributed by atoms with Crippen molar-refractivity contribution in [1.82, 2.24) is 19.7 Å². The van der Waals surface area contributed by atoms with Gasteiger partial charge in [0.1, 0.15) is 23.6 Å². The molecule has 0 radical (unpaired) electrons. The summed E-state index contributed by atoms with van der Waals surface area (Å²) in [6.45, 7) is 12.2. The number of aromatic nitrogens is 4. The summed E-state index contributed by atoms with van der Waals surface area (Å²) < 4.78 is 29.4. The first-order chi connectivity index (χ1) is 20.4. The number of nitrogens with two attached hydrogens (primary N) is 1. The number of halogens is 1. The molecule has 0 spiro atoms.